The number of nitrogens with two attached hydrogens (primary N) is 1. The zero-order valence-electron chi connectivity index (χ0n) is 11.4. The van der Waals surface area contributed by atoms with Crippen LogP contribution in [0, 0.1) is 0 Å². The smallest absolute Gasteiger partial charge is 0.0519 e. The summed E-state index contributed by atoms with van der Waals surface area (Å²) in [4.78, 5) is 4.23. The van der Waals surface area contributed by atoms with Crippen molar-refractivity contribution >= 4 is 21.8 Å². The van der Waals surface area contributed by atoms with E-state index in [9.17, 15) is 0 Å². The number of rotatable bonds is 3. The third-order valence-electron chi connectivity index (χ3n) is 4.08. The molecule has 0 saturated carbocycles. The molecule has 3 rings (SSSR count). The number of nitrogens with zero attached hydrogens (tertiary/aromatic N) is 2. The molecule has 2 heterocycles. The predicted octanol–water partition coefficient (Wildman–Crippen LogP) is 3.18. The molecule has 2 aromatic heterocycles. The Morgan fingerprint density at radius 1 is 1.21 bits per heavy atom. The summed E-state index contributed by atoms with van der Waals surface area (Å²) in [5, 5.41) is 2.48. The van der Waals surface area contributed by atoms with Crippen molar-refractivity contribution in [3.05, 3.63) is 42.2 Å². The molecule has 0 amide bonds. The van der Waals surface area contributed by atoms with E-state index in [1.54, 1.807) is 0 Å². The number of hydrogen-bond donors (Lipinski definition) is 1. The van der Waals surface area contributed by atoms with Gasteiger partial charge in [0.1, 0.15) is 0 Å². The number of fused-ring (bicyclic) bond motifs is 3. The minimum absolute atomic E-state index is 0.445. The van der Waals surface area contributed by atoms with Crippen molar-refractivity contribution in [3.8, 4) is 0 Å². The average molecular weight is 253 g/mol. The fourth-order valence-electron chi connectivity index (χ4n) is 2.86. The van der Waals surface area contributed by atoms with Gasteiger partial charge < -0.3 is 10.3 Å². The Morgan fingerprint density at radius 2 is 2.05 bits per heavy atom. The lowest BCUT2D eigenvalue weighted by atomic mass is 9.95. The van der Waals surface area contributed by atoms with E-state index in [-0.39, 0.29) is 0 Å². The van der Waals surface area contributed by atoms with Crippen LogP contribution in [0.4, 0.5) is 0 Å². The van der Waals surface area contributed by atoms with Crippen LogP contribution in [0.2, 0.25) is 0 Å². The number of aromatic nitrogens is 2. The second kappa shape index (κ2) is 4.67. The highest BCUT2D eigenvalue weighted by Crippen LogP contribution is 2.30. The molecular weight excluding hydrogens is 234 g/mol. The van der Waals surface area contributed by atoms with Gasteiger partial charge in [-0.3, -0.25) is 4.98 Å². The molecule has 0 spiro atoms. The van der Waals surface area contributed by atoms with Gasteiger partial charge in [-0.2, -0.15) is 0 Å². The molecule has 3 heteroatoms. The van der Waals surface area contributed by atoms with Gasteiger partial charge in [0, 0.05) is 35.7 Å². The molecule has 0 aliphatic heterocycles. The fraction of sp³-hybridized carbons (Fsp3) is 0.312. The van der Waals surface area contributed by atoms with Gasteiger partial charge in [-0.15, -0.1) is 0 Å². The van der Waals surface area contributed by atoms with Gasteiger partial charge in [0.25, 0.3) is 0 Å². The van der Waals surface area contributed by atoms with E-state index in [1.807, 2.05) is 12.4 Å². The van der Waals surface area contributed by atoms with Crippen LogP contribution >= 0.6 is 0 Å². The first kappa shape index (κ1) is 12.2. The van der Waals surface area contributed by atoms with Crippen LogP contribution < -0.4 is 5.73 Å². The van der Waals surface area contributed by atoms with Crippen molar-refractivity contribution in [2.75, 3.05) is 6.54 Å². The fourth-order valence-corrected chi connectivity index (χ4v) is 2.86. The van der Waals surface area contributed by atoms with Crippen molar-refractivity contribution in [1.82, 2.24) is 9.55 Å². The van der Waals surface area contributed by atoms with Crippen molar-refractivity contribution in [2.24, 2.45) is 12.8 Å². The van der Waals surface area contributed by atoms with E-state index in [2.05, 4.69) is 47.8 Å². The zero-order valence-corrected chi connectivity index (χ0v) is 11.4. The number of aryl methyl sites for hydroxylation is 1. The van der Waals surface area contributed by atoms with E-state index in [0.29, 0.717) is 12.5 Å². The van der Waals surface area contributed by atoms with Crippen molar-refractivity contribution in [3.63, 3.8) is 0 Å². The van der Waals surface area contributed by atoms with Gasteiger partial charge in [0.05, 0.1) is 5.52 Å². The summed E-state index contributed by atoms with van der Waals surface area (Å²) < 4.78 is 2.24. The van der Waals surface area contributed by atoms with Gasteiger partial charge in [-0.05, 0) is 36.6 Å². The summed E-state index contributed by atoms with van der Waals surface area (Å²) in [6, 6.07) is 8.74. The molecule has 0 aliphatic rings. The van der Waals surface area contributed by atoms with Gasteiger partial charge in [-0.25, -0.2) is 0 Å². The molecule has 2 N–H and O–H groups in total. The molecule has 19 heavy (non-hydrogen) atoms. The molecule has 1 unspecified atom stereocenters. The number of benzene rings is 1. The van der Waals surface area contributed by atoms with E-state index >= 15 is 0 Å². The molecule has 0 aliphatic carbocycles. The third-order valence-corrected chi connectivity index (χ3v) is 4.08. The topological polar surface area (TPSA) is 43.8 Å². The molecule has 1 aromatic carbocycles. The Hall–Kier alpha value is -1.87. The highest BCUT2D eigenvalue weighted by Gasteiger charge is 2.12. The zero-order chi connectivity index (χ0) is 13.4. The molecule has 0 radical (unpaired) electrons. The van der Waals surface area contributed by atoms with Gasteiger partial charge in [0.2, 0.25) is 0 Å². The monoisotopic (exact) mass is 253 g/mol. The standard InChI is InChI=1S/C16H19N3/c1-3-11(9-17)12-4-5-13-14-10-18-7-6-15(14)19(2)16(13)8-12/h4-8,10-11H,3,9,17H2,1-2H3. The van der Waals surface area contributed by atoms with Crippen LogP contribution in [0.5, 0.6) is 0 Å². The minimum atomic E-state index is 0.445. The van der Waals surface area contributed by atoms with Gasteiger partial charge in [0.15, 0.2) is 0 Å². The van der Waals surface area contributed by atoms with E-state index < -0.39 is 0 Å². The lowest BCUT2D eigenvalue weighted by Crippen LogP contribution is -2.11. The first-order valence-electron chi connectivity index (χ1n) is 6.78. The second-order valence-corrected chi connectivity index (χ2v) is 5.07. The summed E-state index contributed by atoms with van der Waals surface area (Å²) in [6.45, 7) is 2.89. The third kappa shape index (κ3) is 1.81. The van der Waals surface area contributed by atoms with Crippen molar-refractivity contribution in [1.29, 1.82) is 0 Å². The molecule has 0 bridgehead atoms. The first-order valence-corrected chi connectivity index (χ1v) is 6.78. The highest BCUT2D eigenvalue weighted by atomic mass is 14.9. The number of pyridine rings is 1. The quantitative estimate of drug-likeness (QED) is 0.779. The van der Waals surface area contributed by atoms with Crippen LogP contribution in [0.3, 0.4) is 0 Å². The molecule has 98 valence electrons. The van der Waals surface area contributed by atoms with Gasteiger partial charge in [-0.1, -0.05) is 19.1 Å². The van der Waals surface area contributed by atoms with Crippen LogP contribution in [-0.2, 0) is 7.05 Å². The molecule has 1 atom stereocenters. The Morgan fingerprint density at radius 3 is 2.79 bits per heavy atom. The maximum atomic E-state index is 5.86. The first-order chi connectivity index (χ1) is 9.26. The molecular formula is C16H19N3. The Balaban J connectivity index is 2.29. The normalized spacial score (nSPS) is 13.2. The predicted molar refractivity (Wildman–Crippen MR) is 80.3 cm³/mol. The second-order valence-electron chi connectivity index (χ2n) is 5.07. The maximum Gasteiger partial charge on any atom is 0.0519 e. The van der Waals surface area contributed by atoms with Crippen molar-refractivity contribution in [2.45, 2.75) is 19.3 Å². The SMILES string of the molecule is CCC(CN)c1ccc2c3cnccc3n(C)c2c1. The van der Waals surface area contributed by atoms with Gasteiger partial charge >= 0.3 is 0 Å². The Labute approximate surface area is 113 Å². The Bertz CT molecular complexity index is 723. The molecule has 3 aromatic rings. The van der Waals surface area contributed by atoms with E-state index in [0.717, 1.165) is 6.42 Å². The Kier molecular flexibility index (Phi) is 2.99. The highest BCUT2D eigenvalue weighted by molar-refractivity contribution is 6.07. The maximum absolute atomic E-state index is 5.86. The average Bonchev–Trinajstić information content (AvgIpc) is 2.74. The summed E-state index contributed by atoms with van der Waals surface area (Å²) >= 11 is 0. The number of hydrogen-bond acceptors (Lipinski definition) is 2. The summed E-state index contributed by atoms with van der Waals surface area (Å²) in [5.74, 6) is 0.445. The summed E-state index contributed by atoms with van der Waals surface area (Å²) in [7, 11) is 2.11. The van der Waals surface area contributed by atoms with Crippen LogP contribution in [0.15, 0.2) is 36.7 Å². The lowest BCUT2D eigenvalue weighted by Gasteiger charge is -2.13. The van der Waals surface area contributed by atoms with Crippen LogP contribution in [0.1, 0.15) is 24.8 Å². The molecule has 0 fully saturated rings. The minimum Gasteiger partial charge on any atom is -0.344 e. The van der Waals surface area contributed by atoms with Crippen molar-refractivity contribution < 1.29 is 0 Å². The van der Waals surface area contributed by atoms with Crippen LogP contribution in [-0.4, -0.2) is 16.1 Å². The lowest BCUT2D eigenvalue weighted by molar-refractivity contribution is 0.675. The van der Waals surface area contributed by atoms with E-state index in [4.69, 9.17) is 5.73 Å². The largest absolute Gasteiger partial charge is 0.344 e. The van der Waals surface area contributed by atoms with E-state index in [1.165, 1.54) is 27.4 Å². The molecule has 3 nitrogen and oxygen atoms in total. The molecule has 0 saturated heterocycles. The van der Waals surface area contributed by atoms with Crippen LogP contribution in [0.25, 0.3) is 21.8 Å². The summed E-state index contributed by atoms with van der Waals surface area (Å²) in [5.41, 5.74) is 9.67. The summed E-state index contributed by atoms with van der Waals surface area (Å²) in [6.07, 6.45) is 4.86.